The molecule has 3 rings (SSSR count). The first-order chi connectivity index (χ1) is 8.58. The third kappa shape index (κ3) is 1.84. The number of rotatable bonds is 2. The van der Waals surface area contributed by atoms with Gasteiger partial charge in [-0.3, -0.25) is 0 Å². The predicted molar refractivity (Wildman–Crippen MR) is 74.8 cm³/mol. The third-order valence-electron chi connectivity index (χ3n) is 4.86. The monoisotopic (exact) mass is 242 g/mol. The van der Waals surface area contributed by atoms with E-state index in [1.807, 2.05) is 17.8 Å². The maximum absolute atomic E-state index is 4.48. The van der Waals surface area contributed by atoms with Crippen LogP contribution in [0.4, 0.5) is 0 Å². The molecule has 1 saturated carbocycles. The van der Waals surface area contributed by atoms with Crippen molar-refractivity contribution >= 4 is 5.70 Å². The molecule has 0 N–H and O–H groups in total. The molecule has 1 heterocycles. The van der Waals surface area contributed by atoms with Gasteiger partial charge in [-0.15, -0.1) is 0 Å². The van der Waals surface area contributed by atoms with E-state index in [2.05, 4.69) is 50.2 Å². The Balaban J connectivity index is 1.79. The normalized spacial score (nSPS) is 38.7. The van der Waals surface area contributed by atoms with Crippen molar-refractivity contribution in [2.24, 2.45) is 29.6 Å². The van der Waals surface area contributed by atoms with Crippen LogP contribution in [0.2, 0.25) is 0 Å². The van der Waals surface area contributed by atoms with E-state index in [4.69, 9.17) is 0 Å². The van der Waals surface area contributed by atoms with Crippen molar-refractivity contribution in [3.63, 3.8) is 0 Å². The van der Waals surface area contributed by atoms with Crippen LogP contribution in [0.5, 0.6) is 0 Å². The van der Waals surface area contributed by atoms with Crippen molar-refractivity contribution in [3.05, 3.63) is 36.2 Å². The van der Waals surface area contributed by atoms with Crippen LogP contribution in [-0.2, 0) is 0 Å². The number of allylic oxidation sites excluding steroid dienone is 4. The Morgan fingerprint density at radius 3 is 2.39 bits per heavy atom. The van der Waals surface area contributed by atoms with Gasteiger partial charge in [-0.05, 0) is 48.7 Å². The number of hydrogen-bond donors (Lipinski definition) is 0. The topological polar surface area (TPSA) is 17.8 Å². The predicted octanol–water partition coefficient (Wildman–Crippen LogP) is 3.76. The molecule has 2 aliphatic carbocycles. The molecule has 4 unspecified atom stereocenters. The lowest BCUT2D eigenvalue weighted by molar-refractivity contribution is 0.421. The lowest BCUT2D eigenvalue weighted by atomic mass is 9.84. The molecule has 0 saturated heterocycles. The Labute approximate surface area is 109 Å². The number of nitrogens with zero attached hydrogens (tertiary/aromatic N) is 2. The van der Waals surface area contributed by atoms with Gasteiger partial charge in [0, 0.05) is 6.20 Å². The van der Waals surface area contributed by atoms with Crippen molar-refractivity contribution in [2.75, 3.05) is 0 Å². The van der Waals surface area contributed by atoms with Crippen LogP contribution in [0.25, 0.3) is 5.70 Å². The highest BCUT2D eigenvalue weighted by Gasteiger charge is 2.48. The Morgan fingerprint density at radius 1 is 1.17 bits per heavy atom. The van der Waals surface area contributed by atoms with Crippen molar-refractivity contribution in [1.82, 2.24) is 9.78 Å². The van der Waals surface area contributed by atoms with Gasteiger partial charge >= 0.3 is 0 Å². The van der Waals surface area contributed by atoms with Crippen LogP contribution in [0.1, 0.15) is 26.5 Å². The number of aryl methyl sites for hydroxylation is 1. The second-order valence-corrected chi connectivity index (χ2v) is 6.08. The SMILES string of the molecule is Cc1ccn(C2=CC(C)C(C3C(C)C3C)C=C2)n1. The molecular weight excluding hydrogens is 220 g/mol. The first-order valence-corrected chi connectivity index (χ1v) is 7.00. The molecule has 0 bridgehead atoms. The van der Waals surface area contributed by atoms with Crippen molar-refractivity contribution in [2.45, 2.75) is 27.7 Å². The van der Waals surface area contributed by atoms with Crippen LogP contribution in [-0.4, -0.2) is 9.78 Å². The molecular formula is C16H22N2. The average Bonchev–Trinajstić information content (AvgIpc) is 2.76. The summed E-state index contributed by atoms with van der Waals surface area (Å²) in [5.74, 6) is 4.00. The van der Waals surface area contributed by atoms with Gasteiger partial charge < -0.3 is 0 Å². The van der Waals surface area contributed by atoms with Crippen molar-refractivity contribution in [1.29, 1.82) is 0 Å². The van der Waals surface area contributed by atoms with Crippen LogP contribution in [0.15, 0.2) is 30.5 Å². The van der Waals surface area contributed by atoms with E-state index in [1.54, 1.807) is 0 Å². The minimum Gasteiger partial charge on any atom is -0.241 e. The molecule has 0 aliphatic heterocycles. The van der Waals surface area contributed by atoms with Crippen LogP contribution >= 0.6 is 0 Å². The third-order valence-corrected chi connectivity index (χ3v) is 4.86. The van der Waals surface area contributed by atoms with E-state index in [9.17, 15) is 0 Å². The van der Waals surface area contributed by atoms with E-state index in [1.165, 1.54) is 5.70 Å². The first kappa shape index (κ1) is 11.8. The van der Waals surface area contributed by atoms with Gasteiger partial charge in [-0.2, -0.15) is 5.10 Å². The average molecular weight is 242 g/mol. The maximum Gasteiger partial charge on any atom is 0.0605 e. The van der Waals surface area contributed by atoms with E-state index in [-0.39, 0.29) is 0 Å². The zero-order valence-electron chi connectivity index (χ0n) is 11.7. The summed E-state index contributed by atoms with van der Waals surface area (Å²) in [6, 6.07) is 2.05. The maximum atomic E-state index is 4.48. The summed E-state index contributed by atoms with van der Waals surface area (Å²) in [5.41, 5.74) is 2.29. The molecule has 2 aliphatic rings. The number of aromatic nitrogens is 2. The minimum atomic E-state index is 0.618. The molecule has 18 heavy (non-hydrogen) atoms. The molecule has 0 spiro atoms. The molecule has 4 atom stereocenters. The van der Waals surface area contributed by atoms with Gasteiger partial charge in [0.15, 0.2) is 0 Å². The van der Waals surface area contributed by atoms with E-state index < -0.39 is 0 Å². The second kappa shape index (κ2) is 4.11. The molecule has 0 radical (unpaired) electrons. The highest BCUT2D eigenvalue weighted by atomic mass is 15.3. The fourth-order valence-electron chi connectivity index (χ4n) is 3.41. The Morgan fingerprint density at radius 2 is 1.89 bits per heavy atom. The van der Waals surface area contributed by atoms with Gasteiger partial charge in [-0.25, -0.2) is 4.68 Å². The molecule has 1 fully saturated rings. The largest absolute Gasteiger partial charge is 0.241 e. The molecule has 2 nitrogen and oxygen atoms in total. The fourth-order valence-corrected chi connectivity index (χ4v) is 3.41. The minimum absolute atomic E-state index is 0.618. The summed E-state index contributed by atoms with van der Waals surface area (Å²) in [6.45, 7) is 9.13. The highest BCUT2D eigenvalue weighted by Crippen LogP contribution is 2.53. The van der Waals surface area contributed by atoms with E-state index >= 15 is 0 Å². The lowest BCUT2D eigenvalue weighted by Crippen LogP contribution is -2.16. The summed E-state index contributed by atoms with van der Waals surface area (Å²) in [4.78, 5) is 0. The van der Waals surface area contributed by atoms with Gasteiger partial charge in [0.25, 0.3) is 0 Å². The molecule has 0 amide bonds. The van der Waals surface area contributed by atoms with Crippen LogP contribution in [0, 0.1) is 36.5 Å². The Bertz CT molecular complexity index is 501. The molecule has 2 heteroatoms. The molecule has 1 aromatic heterocycles. The van der Waals surface area contributed by atoms with E-state index in [0.29, 0.717) is 5.92 Å². The molecule has 96 valence electrons. The van der Waals surface area contributed by atoms with Gasteiger partial charge in [-0.1, -0.05) is 32.9 Å². The van der Waals surface area contributed by atoms with Gasteiger partial charge in [0.2, 0.25) is 0 Å². The first-order valence-electron chi connectivity index (χ1n) is 7.00. The standard InChI is InChI=1S/C16H22N2/c1-10-9-14(18-8-7-11(2)17-18)5-6-15(10)16-12(3)13(16)4/h5-10,12-13,15-16H,1-4H3. The number of hydrogen-bond acceptors (Lipinski definition) is 1. The van der Waals surface area contributed by atoms with Crippen molar-refractivity contribution < 1.29 is 0 Å². The van der Waals surface area contributed by atoms with Gasteiger partial charge in [0.1, 0.15) is 0 Å². The summed E-state index contributed by atoms with van der Waals surface area (Å²) in [6.07, 6.45) is 9.06. The molecule has 1 aromatic rings. The smallest absolute Gasteiger partial charge is 0.0605 e. The summed E-state index contributed by atoms with van der Waals surface area (Å²) >= 11 is 0. The van der Waals surface area contributed by atoms with E-state index in [0.717, 1.165) is 29.4 Å². The second-order valence-electron chi connectivity index (χ2n) is 6.08. The summed E-state index contributed by atoms with van der Waals surface area (Å²) < 4.78 is 1.98. The zero-order chi connectivity index (χ0) is 12.9. The summed E-state index contributed by atoms with van der Waals surface area (Å²) in [7, 11) is 0. The fraction of sp³-hybridized carbons (Fsp3) is 0.562. The van der Waals surface area contributed by atoms with Crippen molar-refractivity contribution in [3.8, 4) is 0 Å². The summed E-state index contributed by atoms with van der Waals surface area (Å²) in [5, 5.41) is 4.48. The molecule has 0 aromatic carbocycles. The highest BCUT2D eigenvalue weighted by molar-refractivity contribution is 5.58. The zero-order valence-corrected chi connectivity index (χ0v) is 11.7. The Kier molecular flexibility index (Phi) is 2.69. The van der Waals surface area contributed by atoms with Crippen LogP contribution < -0.4 is 0 Å². The quantitative estimate of drug-likeness (QED) is 0.772. The van der Waals surface area contributed by atoms with Gasteiger partial charge in [0.05, 0.1) is 11.4 Å². The lowest BCUT2D eigenvalue weighted by Gasteiger charge is -2.23. The van der Waals surface area contributed by atoms with Crippen LogP contribution in [0.3, 0.4) is 0 Å². The Hall–Kier alpha value is -1.31.